The van der Waals surface area contributed by atoms with E-state index in [1.165, 1.54) is 38.5 Å². The van der Waals surface area contributed by atoms with Gasteiger partial charge in [-0.05, 0) is 52.0 Å². The van der Waals surface area contributed by atoms with Crippen LogP contribution in [-0.2, 0) is 9.53 Å². The minimum absolute atomic E-state index is 0.0301. The van der Waals surface area contributed by atoms with Crippen LogP contribution in [0.3, 0.4) is 0 Å². The van der Waals surface area contributed by atoms with Gasteiger partial charge in [0.1, 0.15) is 6.21 Å². The van der Waals surface area contributed by atoms with Crippen LogP contribution in [0.1, 0.15) is 52.4 Å². The number of hydrogen-bond donors (Lipinski definition) is 2. The van der Waals surface area contributed by atoms with Gasteiger partial charge in [0.05, 0.1) is 6.10 Å². The van der Waals surface area contributed by atoms with E-state index < -0.39 is 0 Å². The molecule has 4 atom stereocenters. The predicted molar refractivity (Wildman–Crippen MR) is 94.4 cm³/mol. The van der Waals surface area contributed by atoms with Crippen molar-refractivity contribution in [3.8, 4) is 0 Å². The number of nitrogens with zero attached hydrogens (tertiary/aromatic N) is 2. The van der Waals surface area contributed by atoms with Gasteiger partial charge >= 0.3 is 0 Å². The molecule has 1 aliphatic heterocycles. The van der Waals surface area contributed by atoms with Gasteiger partial charge in [-0.15, -0.1) is 0 Å². The highest BCUT2D eigenvalue weighted by Gasteiger charge is 2.35. The molecule has 0 bridgehead atoms. The van der Waals surface area contributed by atoms with Gasteiger partial charge < -0.3 is 20.2 Å². The summed E-state index contributed by atoms with van der Waals surface area (Å²) in [6.45, 7) is 7.85. The second kappa shape index (κ2) is 9.99. The second-order valence-corrected chi connectivity index (χ2v) is 7.26. The van der Waals surface area contributed by atoms with Crippen molar-refractivity contribution in [3.05, 3.63) is 0 Å². The highest BCUT2D eigenvalue weighted by Crippen LogP contribution is 2.37. The molecule has 6 nitrogen and oxygen atoms in total. The van der Waals surface area contributed by atoms with Crippen molar-refractivity contribution >= 4 is 12.1 Å². The third kappa shape index (κ3) is 5.74. The van der Waals surface area contributed by atoms with Crippen LogP contribution < -0.4 is 5.32 Å². The number of carbonyl (C=O) groups excluding carboxylic acids is 1. The molecule has 0 aromatic heterocycles. The molecular weight excluding hydrogens is 306 g/mol. The van der Waals surface area contributed by atoms with Gasteiger partial charge in [0.25, 0.3) is 5.91 Å². The third-order valence-electron chi connectivity index (χ3n) is 5.39. The van der Waals surface area contributed by atoms with Gasteiger partial charge in [0.15, 0.2) is 0 Å². The summed E-state index contributed by atoms with van der Waals surface area (Å²) in [6, 6.07) is 0.0301. The number of rotatable bonds is 6. The lowest BCUT2D eigenvalue weighted by Gasteiger charge is -2.43. The van der Waals surface area contributed by atoms with Crippen molar-refractivity contribution < 1.29 is 14.7 Å². The Labute approximate surface area is 145 Å². The Hall–Kier alpha value is -1.14. The van der Waals surface area contributed by atoms with Gasteiger partial charge in [-0.1, -0.05) is 18.0 Å². The Morgan fingerprint density at radius 1 is 1.38 bits per heavy atom. The maximum absolute atomic E-state index is 11.5. The van der Waals surface area contributed by atoms with Crippen LogP contribution in [0.15, 0.2) is 5.16 Å². The number of carbonyl (C=O) groups is 1. The number of hydrogen-bond acceptors (Lipinski definition) is 5. The van der Waals surface area contributed by atoms with Crippen molar-refractivity contribution in [1.29, 1.82) is 0 Å². The molecule has 2 N–H and O–H groups in total. The quantitative estimate of drug-likeness (QED) is 0.442. The topological polar surface area (TPSA) is 74.2 Å². The van der Waals surface area contributed by atoms with Crippen molar-refractivity contribution in [1.82, 2.24) is 10.2 Å². The number of ether oxygens (including phenoxy) is 1. The average molecular weight is 339 g/mol. The predicted octanol–water partition coefficient (Wildman–Crippen LogP) is 2.26. The molecule has 0 radical (unpaired) electrons. The van der Waals surface area contributed by atoms with Crippen molar-refractivity contribution in [2.45, 2.75) is 64.5 Å². The highest BCUT2D eigenvalue weighted by atomic mass is 16.5. The molecule has 138 valence electrons. The Kier molecular flexibility index (Phi) is 7.99. The van der Waals surface area contributed by atoms with Crippen molar-refractivity contribution in [3.63, 3.8) is 0 Å². The van der Waals surface area contributed by atoms with Crippen LogP contribution >= 0.6 is 0 Å². The molecule has 2 unspecified atom stereocenters. The summed E-state index contributed by atoms with van der Waals surface area (Å²) in [6.07, 6.45) is 8.95. The standard InChI is InChI=1S/C18H33N3O3/c1-3-24-17-9-6-8-15-7-4-5-10-21(13-16(15)17)12-14(2)20-18(22)11-19-23/h11,14-17,23H,3-10,12-13H2,1-2H3,(H,20,22)/b19-11-/t14-,15?,16-,17?/m0/s1. The van der Waals surface area contributed by atoms with Crippen LogP contribution in [-0.4, -0.2) is 60.6 Å². The maximum atomic E-state index is 11.5. The van der Waals surface area contributed by atoms with Crippen molar-refractivity contribution in [2.75, 3.05) is 26.2 Å². The number of oxime groups is 1. The van der Waals surface area contributed by atoms with E-state index in [-0.39, 0.29) is 11.9 Å². The molecule has 0 aromatic rings. The first-order chi connectivity index (χ1) is 11.6. The lowest BCUT2D eigenvalue weighted by Crippen LogP contribution is -2.48. The molecule has 1 aliphatic carbocycles. The first kappa shape index (κ1) is 19.2. The fourth-order valence-electron chi connectivity index (χ4n) is 4.42. The van der Waals surface area contributed by atoms with Crippen molar-refractivity contribution in [2.24, 2.45) is 17.0 Å². The van der Waals surface area contributed by atoms with E-state index in [4.69, 9.17) is 9.94 Å². The zero-order valence-electron chi connectivity index (χ0n) is 15.1. The third-order valence-corrected chi connectivity index (χ3v) is 5.39. The summed E-state index contributed by atoms with van der Waals surface area (Å²) in [4.78, 5) is 14.0. The summed E-state index contributed by atoms with van der Waals surface area (Å²) >= 11 is 0. The summed E-state index contributed by atoms with van der Waals surface area (Å²) in [5, 5.41) is 14.1. The van der Waals surface area contributed by atoms with E-state index >= 15 is 0 Å². The lowest BCUT2D eigenvalue weighted by molar-refractivity contribution is -0.115. The van der Waals surface area contributed by atoms with E-state index in [1.807, 2.05) is 6.92 Å². The molecule has 0 aromatic carbocycles. The first-order valence-corrected chi connectivity index (χ1v) is 9.46. The van der Waals surface area contributed by atoms with Crippen LogP contribution in [0.2, 0.25) is 0 Å². The van der Waals surface area contributed by atoms with Crippen LogP contribution in [0.4, 0.5) is 0 Å². The first-order valence-electron chi connectivity index (χ1n) is 9.46. The van der Waals surface area contributed by atoms with Gasteiger partial charge in [-0.25, -0.2) is 0 Å². The van der Waals surface area contributed by atoms with E-state index in [0.29, 0.717) is 12.0 Å². The Morgan fingerprint density at radius 3 is 2.92 bits per heavy atom. The molecule has 6 heteroatoms. The summed E-state index contributed by atoms with van der Waals surface area (Å²) < 4.78 is 6.06. The highest BCUT2D eigenvalue weighted by molar-refractivity contribution is 6.26. The van der Waals surface area contributed by atoms with E-state index in [0.717, 1.165) is 38.4 Å². The fraction of sp³-hybridized carbons (Fsp3) is 0.889. The summed E-state index contributed by atoms with van der Waals surface area (Å²) in [5.41, 5.74) is 0. The molecule has 24 heavy (non-hydrogen) atoms. The fourth-order valence-corrected chi connectivity index (χ4v) is 4.42. The molecular formula is C18H33N3O3. The number of nitrogens with one attached hydrogen (secondary N) is 1. The van der Waals surface area contributed by atoms with E-state index in [1.54, 1.807) is 0 Å². The summed E-state index contributed by atoms with van der Waals surface area (Å²) in [7, 11) is 0. The minimum atomic E-state index is -0.347. The van der Waals surface area contributed by atoms with Gasteiger partial charge in [0.2, 0.25) is 0 Å². The molecule has 0 spiro atoms. The SMILES string of the molecule is CCOC1CCCC2CCCCN(C[C@H](C)NC(=O)/C=N\O)C[C@@H]21. The minimum Gasteiger partial charge on any atom is -0.411 e. The lowest BCUT2D eigenvalue weighted by atomic mass is 9.73. The number of amides is 1. The molecule has 1 amide bonds. The smallest absolute Gasteiger partial charge is 0.266 e. The van der Waals surface area contributed by atoms with Gasteiger partial charge in [-0.3, -0.25) is 4.79 Å². The average Bonchev–Trinajstić information content (AvgIpc) is 2.51. The zero-order chi connectivity index (χ0) is 17.4. The Balaban J connectivity index is 1.94. The van der Waals surface area contributed by atoms with Crippen LogP contribution in [0, 0.1) is 11.8 Å². The van der Waals surface area contributed by atoms with Gasteiger partial charge in [-0.2, -0.15) is 0 Å². The van der Waals surface area contributed by atoms with E-state index in [9.17, 15) is 4.79 Å². The summed E-state index contributed by atoms with van der Waals surface area (Å²) in [5.74, 6) is 1.05. The molecule has 2 rings (SSSR count). The molecule has 2 aliphatic rings. The largest absolute Gasteiger partial charge is 0.411 e. The van der Waals surface area contributed by atoms with E-state index in [2.05, 4.69) is 22.3 Å². The van der Waals surface area contributed by atoms with Crippen LogP contribution in [0.25, 0.3) is 0 Å². The molecule has 1 saturated heterocycles. The van der Waals surface area contributed by atoms with Crippen LogP contribution in [0.5, 0.6) is 0 Å². The normalized spacial score (nSPS) is 30.3. The number of fused-ring (bicyclic) bond motifs is 1. The monoisotopic (exact) mass is 339 g/mol. The molecule has 1 heterocycles. The van der Waals surface area contributed by atoms with Gasteiger partial charge in [0, 0.05) is 31.7 Å². The molecule has 2 fully saturated rings. The maximum Gasteiger partial charge on any atom is 0.266 e. The zero-order valence-corrected chi connectivity index (χ0v) is 15.1. The second-order valence-electron chi connectivity index (χ2n) is 7.26. The Bertz CT molecular complexity index is 408. The molecule has 1 saturated carbocycles. The Morgan fingerprint density at radius 2 is 2.17 bits per heavy atom. The number of likely N-dealkylation sites (tertiary alicyclic amines) is 1.